The van der Waals surface area contributed by atoms with Crippen molar-refractivity contribution < 1.29 is 13.9 Å². The number of ether oxygens (including phenoxy) is 1. The van der Waals surface area contributed by atoms with Crippen LogP contribution in [-0.4, -0.2) is 34.9 Å². The summed E-state index contributed by atoms with van der Waals surface area (Å²) in [5, 5.41) is 8.18. The Bertz CT molecular complexity index is 692. The number of aryl methyl sites for hydroxylation is 2. The van der Waals surface area contributed by atoms with Crippen LogP contribution in [0, 0.1) is 12.7 Å². The van der Waals surface area contributed by atoms with Crippen LogP contribution in [0.3, 0.4) is 0 Å². The smallest absolute Gasteiger partial charge is 0.220 e. The first-order valence-electron chi connectivity index (χ1n) is 8.14. The summed E-state index contributed by atoms with van der Waals surface area (Å²) in [5.41, 5.74) is 1.71. The molecule has 0 bridgehead atoms. The van der Waals surface area contributed by atoms with Gasteiger partial charge in [-0.3, -0.25) is 9.48 Å². The molecule has 0 saturated carbocycles. The van der Waals surface area contributed by atoms with E-state index in [9.17, 15) is 9.18 Å². The number of aromatic nitrogens is 2. The molecule has 1 fully saturated rings. The highest BCUT2D eigenvalue weighted by Crippen LogP contribution is 2.19. The molecule has 1 aromatic heterocycles. The molecule has 23 heavy (non-hydrogen) atoms. The molecule has 0 aliphatic carbocycles. The lowest BCUT2D eigenvalue weighted by Crippen LogP contribution is -2.31. The Morgan fingerprint density at radius 2 is 2.39 bits per heavy atom. The Hall–Kier alpha value is -1.95. The van der Waals surface area contributed by atoms with E-state index in [0.717, 1.165) is 36.0 Å². The molecule has 2 heterocycles. The fourth-order valence-corrected chi connectivity index (χ4v) is 2.99. The first-order valence-corrected chi connectivity index (χ1v) is 8.14. The molecule has 1 amide bonds. The number of hydrogen-bond donors (Lipinski definition) is 1. The quantitative estimate of drug-likeness (QED) is 0.890. The second-order valence-corrected chi connectivity index (χ2v) is 6.01. The number of halogens is 1. The zero-order valence-corrected chi connectivity index (χ0v) is 13.3. The van der Waals surface area contributed by atoms with E-state index in [1.165, 1.54) is 12.1 Å². The highest BCUT2D eigenvalue weighted by atomic mass is 19.1. The maximum absolute atomic E-state index is 13.3. The number of hydrogen-bond acceptors (Lipinski definition) is 3. The highest BCUT2D eigenvalue weighted by Gasteiger charge is 2.16. The van der Waals surface area contributed by atoms with Gasteiger partial charge in [0.2, 0.25) is 5.91 Å². The third-order valence-corrected chi connectivity index (χ3v) is 4.22. The van der Waals surface area contributed by atoms with Crippen molar-refractivity contribution in [2.24, 2.45) is 0 Å². The Kier molecular flexibility index (Phi) is 4.91. The van der Waals surface area contributed by atoms with E-state index < -0.39 is 0 Å². The van der Waals surface area contributed by atoms with Gasteiger partial charge in [-0.25, -0.2) is 4.39 Å². The van der Waals surface area contributed by atoms with Crippen molar-refractivity contribution in [2.75, 3.05) is 13.2 Å². The van der Waals surface area contributed by atoms with Crippen molar-refractivity contribution in [3.63, 3.8) is 0 Å². The van der Waals surface area contributed by atoms with Gasteiger partial charge in [-0.2, -0.15) is 5.10 Å². The zero-order chi connectivity index (χ0) is 16.2. The number of carbonyl (C=O) groups excluding carboxylic acids is 1. The number of nitrogens with one attached hydrogen (secondary N) is 1. The van der Waals surface area contributed by atoms with Crippen LogP contribution in [0.4, 0.5) is 4.39 Å². The van der Waals surface area contributed by atoms with Crippen molar-refractivity contribution in [1.29, 1.82) is 0 Å². The zero-order valence-electron chi connectivity index (χ0n) is 13.3. The topological polar surface area (TPSA) is 56.2 Å². The van der Waals surface area contributed by atoms with Crippen molar-refractivity contribution in [2.45, 2.75) is 45.3 Å². The number of amides is 1. The van der Waals surface area contributed by atoms with Crippen LogP contribution in [0.15, 0.2) is 18.2 Å². The van der Waals surface area contributed by atoms with Gasteiger partial charge >= 0.3 is 0 Å². The van der Waals surface area contributed by atoms with E-state index in [4.69, 9.17) is 4.74 Å². The fraction of sp³-hybridized carbons (Fsp3) is 0.529. The fourth-order valence-electron chi connectivity index (χ4n) is 2.99. The van der Waals surface area contributed by atoms with Crippen LogP contribution in [0.5, 0.6) is 0 Å². The summed E-state index contributed by atoms with van der Waals surface area (Å²) in [5.74, 6) is -0.214. The van der Waals surface area contributed by atoms with Gasteiger partial charge in [0.05, 0.1) is 17.3 Å². The van der Waals surface area contributed by atoms with Gasteiger partial charge in [0.15, 0.2) is 0 Å². The molecule has 5 nitrogen and oxygen atoms in total. The molecule has 1 saturated heterocycles. The predicted octanol–water partition coefficient (Wildman–Crippen LogP) is 2.56. The number of nitrogens with zero attached hydrogens (tertiary/aromatic N) is 2. The minimum absolute atomic E-state index is 0.0414. The van der Waals surface area contributed by atoms with Crippen molar-refractivity contribution in [1.82, 2.24) is 15.1 Å². The molecular formula is C17H22FN3O2. The van der Waals surface area contributed by atoms with Gasteiger partial charge < -0.3 is 10.1 Å². The van der Waals surface area contributed by atoms with Gasteiger partial charge in [-0.15, -0.1) is 0 Å². The van der Waals surface area contributed by atoms with E-state index in [2.05, 4.69) is 10.4 Å². The first-order chi connectivity index (χ1) is 11.1. The average molecular weight is 319 g/mol. The van der Waals surface area contributed by atoms with Gasteiger partial charge in [0.1, 0.15) is 5.82 Å². The Morgan fingerprint density at radius 3 is 3.17 bits per heavy atom. The molecule has 0 radical (unpaired) electrons. The molecule has 3 rings (SSSR count). The first kappa shape index (κ1) is 15.9. The molecule has 1 atom stereocenters. The Balaban J connectivity index is 1.49. The third kappa shape index (κ3) is 3.88. The summed E-state index contributed by atoms with van der Waals surface area (Å²) >= 11 is 0. The molecule has 1 aliphatic rings. The van der Waals surface area contributed by atoms with E-state index in [0.29, 0.717) is 25.9 Å². The van der Waals surface area contributed by atoms with Crippen molar-refractivity contribution >= 4 is 16.8 Å². The van der Waals surface area contributed by atoms with Gasteiger partial charge in [0, 0.05) is 31.5 Å². The van der Waals surface area contributed by atoms with E-state index in [1.807, 2.05) is 11.6 Å². The average Bonchev–Trinajstić information content (AvgIpc) is 3.14. The number of carbonyl (C=O) groups is 1. The maximum atomic E-state index is 13.3. The van der Waals surface area contributed by atoms with Gasteiger partial charge in [-0.1, -0.05) is 0 Å². The molecule has 6 heteroatoms. The summed E-state index contributed by atoms with van der Waals surface area (Å²) in [4.78, 5) is 11.9. The largest absolute Gasteiger partial charge is 0.376 e. The van der Waals surface area contributed by atoms with E-state index in [1.54, 1.807) is 6.07 Å². The third-order valence-electron chi connectivity index (χ3n) is 4.22. The standard InChI is InChI=1S/C17H22FN3O2/c1-12-15-10-13(18)6-7-16(15)21(20-12)8-2-5-17(22)19-11-14-4-3-9-23-14/h6-7,10,14H,2-5,8-9,11H2,1H3,(H,19,22). The van der Waals surface area contributed by atoms with Crippen LogP contribution >= 0.6 is 0 Å². The maximum Gasteiger partial charge on any atom is 0.220 e. The molecule has 1 aliphatic heterocycles. The molecule has 124 valence electrons. The number of rotatable bonds is 6. The van der Waals surface area contributed by atoms with Crippen LogP contribution in [0.1, 0.15) is 31.4 Å². The number of fused-ring (bicyclic) bond motifs is 1. The van der Waals surface area contributed by atoms with E-state index in [-0.39, 0.29) is 17.8 Å². The van der Waals surface area contributed by atoms with Crippen molar-refractivity contribution in [3.05, 3.63) is 29.7 Å². The summed E-state index contributed by atoms with van der Waals surface area (Å²) in [6, 6.07) is 4.68. The molecule has 1 aromatic carbocycles. The Labute approximate surface area is 134 Å². The molecule has 2 aromatic rings. The van der Waals surface area contributed by atoms with E-state index >= 15 is 0 Å². The van der Waals surface area contributed by atoms with Crippen LogP contribution < -0.4 is 5.32 Å². The molecule has 1 N–H and O–H groups in total. The Morgan fingerprint density at radius 1 is 1.52 bits per heavy atom. The lowest BCUT2D eigenvalue weighted by atomic mass is 10.2. The van der Waals surface area contributed by atoms with Gasteiger partial charge in [0.25, 0.3) is 0 Å². The highest BCUT2D eigenvalue weighted by molar-refractivity contribution is 5.81. The minimum atomic E-state index is -0.256. The van der Waals surface area contributed by atoms with Crippen molar-refractivity contribution in [3.8, 4) is 0 Å². The van der Waals surface area contributed by atoms with Crippen LogP contribution in [0.2, 0.25) is 0 Å². The molecule has 0 spiro atoms. The summed E-state index contributed by atoms with van der Waals surface area (Å²) in [6.45, 7) is 3.91. The second-order valence-electron chi connectivity index (χ2n) is 6.01. The normalized spacial score (nSPS) is 17.7. The lowest BCUT2D eigenvalue weighted by Gasteiger charge is -2.10. The summed E-state index contributed by atoms with van der Waals surface area (Å²) in [7, 11) is 0. The minimum Gasteiger partial charge on any atom is -0.376 e. The second kappa shape index (κ2) is 7.08. The number of benzene rings is 1. The van der Waals surface area contributed by atoms with Crippen LogP contribution in [-0.2, 0) is 16.1 Å². The SMILES string of the molecule is Cc1nn(CCCC(=O)NCC2CCCO2)c2ccc(F)cc12. The summed E-state index contributed by atoms with van der Waals surface area (Å²) in [6.07, 6.45) is 3.42. The summed E-state index contributed by atoms with van der Waals surface area (Å²) < 4.78 is 20.6. The monoisotopic (exact) mass is 319 g/mol. The molecular weight excluding hydrogens is 297 g/mol. The van der Waals surface area contributed by atoms with Gasteiger partial charge in [-0.05, 0) is 44.4 Å². The van der Waals surface area contributed by atoms with Crippen LogP contribution in [0.25, 0.3) is 10.9 Å². The lowest BCUT2D eigenvalue weighted by molar-refractivity contribution is -0.121. The molecule has 1 unspecified atom stereocenters. The predicted molar refractivity (Wildman–Crippen MR) is 85.6 cm³/mol.